The molecular formula is C18H17BrN4OS. The van der Waals surface area contributed by atoms with Crippen LogP contribution in [0.2, 0.25) is 0 Å². The number of aromatic nitrogens is 2. The molecule has 1 amide bonds. The van der Waals surface area contributed by atoms with Crippen LogP contribution in [0, 0.1) is 0 Å². The number of hydrogen-bond acceptors (Lipinski definition) is 5. The fraction of sp³-hybridized carbons (Fsp3) is 0.278. The van der Waals surface area contributed by atoms with Crippen molar-refractivity contribution in [3.8, 4) is 0 Å². The van der Waals surface area contributed by atoms with Gasteiger partial charge < -0.3 is 10.2 Å². The standard InChI is InChI=1S/C18H17BrN4OS/c19-13-3-5-14-15(6-4-13)25-18(21-14)22-16-11-12(7-8-20-16)17(24)23-9-1-2-10-23/h3-5,7-8,11H,1-2,6,9-10H2,(H,20,21,22). The predicted octanol–water partition coefficient (Wildman–Crippen LogP) is 4.37. The molecule has 1 aliphatic heterocycles. The highest BCUT2D eigenvalue weighted by Gasteiger charge is 2.20. The minimum atomic E-state index is 0.0794. The number of hydrogen-bond donors (Lipinski definition) is 1. The van der Waals surface area contributed by atoms with Gasteiger partial charge in [-0.2, -0.15) is 0 Å². The van der Waals surface area contributed by atoms with Crippen molar-refractivity contribution >= 4 is 50.2 Å². The molecule has 1 N–H and O–H groups in total. The molecular weight excluding hydrogens is 400 g/mol. The van der Waals surface area contributed by atoms with E-state index in [1.54, 1.807) is 29.7 Å². The molecule has 3 heterocycles. The first-order valence-corrected chi connectivity index (χ1v) is 9.86. The first-order valence-electron chi connectivity index (χ1n) is 8.25. The van der Waals surface area contributed by atoms with Crippen LogP contribution in [0.4, 0.5) is 10.9 Å². The highest BCUT2D eigenvalue weighted by atomic mass is 79.9. The van der Waals surface area contributed by atoms with E-state index in [0.29, 0.717) is 11.4 Å². The fourth-order valence-electron chi connectivity index (χ4n) is 2.95. The number of halogens is 1. The highest BCUT2D eigenvalue weighted by Crippen LogP contribution is 2.30. The molecule has 2 aromatic rings. The lowest BCUT2D eigenvalue weighted by Gasteiger charge is -2.15. The highest BCUT2D eigenvalue weighted by molar-refractivity contribution is 9.11. The van der Waals surface area contributed by atoms with Gasteiger partial charge in [0.25, 0.3) is 5.91 Å². The Labute approximate surface area is 158 Å². The molecule has 1 saturated heterocycles. The topological polar surface area (TPSA) is 58.1 Å². The summed E-state index contributed by atoms with van der Waals surface area (Å²) in [5.74, 6) is 0.727. The predicted molar refractivity (Wildman–Crippen MR) is 105 cm³/mol. The fourth-order valence-corrected chi connectivity index (χ4v) is 4.17. The molecule has 0 saturated carbocycles. The number of amides is 1. The Bertz CT molecular complexity index is 868. The second kappa shape index (κ2) is 7.09. The molecule has 2 aliphatic rings. The zero-order chi connectivity index (χ0) is 17.2. The van der Waals surface area contributed by atoms with Gasteiger partial charge in [0, 0.05) is 40.6 Å². The maximum absolute atomic E-state index is 12.5. The molecule has 0 radical (unpaired) electrons. The normalized spacial score (nSPS) is 16.4. The van der Waals surface area contributed by atoms with Gasteiger partial charge in [-0.1, -0.05) is 22.0 Å². The first kappa shape index (κ1) is 16.5. The van der Waals surface area contributed by atoms with Crippen LogP contribution < -0.4 is 5.32 Å². The first-order chi connectivity index (χ1) is 12.2. The van der Waals surface area contributed by atoms with Crippen LogP contribution >= 0.6 is 27.3 Å². The van der Waals surface area contributed by atoms with Crippen LogP contribution in [0.25, 0.3) is 6.08 Å². The summed E-state index contributed by atoms with van der Waals surface area (Å²) in [4.78, 5) is 24.6. The van der Waals surface area contributed by atoms with Crippen molar-refractivity contribution in [1.29, 1.82) is 0 Å². The number of thiazole rings is 1. The van der Waals surface area contributed by atoms with Gasteiger partial charge in [0.15, 0.2) is 5.13 Å². The van der Waals surface area contributed by atoms with Crippen LogP contribution in [0.1, 0.15) is 33.8 Å². The van der Waals surface area contributed by atoms with Crippen LogP contribution in [0.5, 0.6) is 0 Å². The monoisotopic (exact) mass is 416 g/mol. The number of fused-ring (bicyclic) bond motifs is 1. The molecule has 0 bridgehead atoms. The molecule has 1 fully saturated rings. The number of anilines is 2. The molecule has 1 aliphatic carbocycles. The Balaban J connectivity index is 1.52. The summed E-state index contributed by atoms with van der Waals surface area (Å²) in [5.41, 5.74) is 1.65. The maximum Gasteiger partial charge on any atom is 0.254 e. The summed E-state index contributed by atoms with van der Waals surface area (Å²) in [7, 11) is 0. The van der Waals surface area contributed by atoms with E-state index in [1.807, 2.05) is 17.1 Å². The summed E-state index contributed by atoms with van der Waals surface area (Å²) in [6.45, 7) is 1.69. The molecule has 128 valence electrons. The van der Waals surface area contributed by atoms with Crippen molar-refractivity contribution in [2.75, 3.05) is 18.4 Å². The van der Waals surface area contributed by atoms with Crippen molar-refractivity contribution in [3.63, 3.8) is 0 Å². The molecule has 0 aromatic carbocycles. The number of nitrogens with zero attached hydrogens (tertiary/aromatic N) is 3. The van der Waals surface area contributed by atoms with Gasteiger partial charge in [-0.05, 0) is 37.1 Å². The summed E-state index contributed by atoms with van der Waals surface area (Å²) < 4.78 is 1.07. The third-order valence-electron chi connectivity index (χ3n) is 4.25. The zero-order valence-corrected chi connectivity index (χ0v) is 15.9. The molecule has 7 heteroatoms. The summed E-state index contributed by atoms with van der Waals surface area (Å²) in [6.07, 6.45) is 10.8. The number of likely N-dealkylation sites (tertiary alicyclic amines) is 1. The number of pyridine rings is 1. The second-order valence-corrected chi connectivity index (χ2v) is 8.01. The van der Waals surface area contributed by atoms with Gasteiger partial charge in [-0.25, -0.2) is 9.97 Å². The molecule has 0 spiro atoms. The molecule has 5 nitrogen and oxygen atoms in total. The van der Waals surface area contributed by atoms with E-state index >= 15 is 0 Å². The van der Waals surface area contributed by atoms with E-state index in [2.05, 4.69) is 37.3 Å². The number of carbonyl (C=O) groups excluding carboxylic acids is 1. The smallest absolute Gasteiger partial charge is 0.254 e. The quantitative estimate of drug-likeness (QED) is 0.806. The van der Waals surface area contributed by atoms with Crippen LogP contribution in [-0.2, 0) is 6.42 Å². The molecule has 0 atom stereocenters. The average Bonchev–Trinajstić information content (AvgIpc) is 3.25. The Kier molecular flexibility index (Phi) is 4.67. The summed E-state index contributed by atoms with van der Waals surface area (Å²) in [6, 6.07) is 3.58. The van der Waals surface area contributed by atoms with Gasteiger partial charge in [0.05, 0.1) is 5.69 Å². The van der Waals surface area contributed by atoms with E-state index in [9.17, 15) is 4.79 Å². The summed E-state index contributed by atoms with van der Waals surface area (Å²) in [5, 5.41) is 4.03. The van der Waals surface area contributed by atoms with Gasteiger partial charge in [0.2, 0.25) is 0 Å². The van der Waals surface area contributed by atoms with Gasteiger partial charge in [0.1, 0.15) is 5.82 Å². The van der Waals surface area contributed by atoms with Crippen molar-refractivity contribution in [1.82, 2.24) is 14.9 Å². The number of rotatable bonds is 3. The maximum atomic E-state index is 12.5. The molecule has 2 aromatic heterocycles. The number of nitrogens with one attached hydrogen (secondary N) is 1. The van der Waals surface area contributed by atoms with Gasteiger partial charge >= 0.3 is 0 Å². The largest absolute Gasteiger partial charge is 0.339 e. The van der Waals surface area contributed by atoms with Crippen LogP contribution in [-0.4, -0.2) is 33.9 Å². The minimum absolute atomic E-state index is 0.0794. The van der Waals surface area contributed by atoms with E-state index in [1.165, 1.54) is 4.88 Å². The number of allylic oxidation sites excluding steroid dienone is 3. The lowest BCUT2D eigenvalue weighted by Crippen LogP contribution is -2.27. The molecule has 0 unspecified atom stereocenters. The molecule has 4 rings (SSSR count). The Morgan fingerprint density at radius 3 is 2.96 bits per heavy atom. The van der Waals surface area contributed by atoms with Crippen LogP contribution in [0.3, 0.4) is 0 Å². The van der Waals surface area contributed by atoms with E-state index in [-0.39, 0.29) is 5.91 Å². The van der Waals surface area contributed by atoms with Crippen molar-refractivity contribution in [2.24, 2.45) is 0 Å². The van der Waals surface area contributed by atoms with Crippen LogP contribution in [0.15, 0.2) is 35.0 Å². The van der Waals surface area contributed by atoms with Crippen molar-refractivity contribution in [2.45, 2.75) is 19.3 Å². The molecule has 25 heavy (non-hydrogen) atoms. The lowest BCUT2D eigenvalue weighted by atomic mass is 10.2. The lowest BCUT2D eigenvalue weighted by molar-refractivity contribution is 0.0793. The Morgan fingerprint density at radius 1 is 1.28 bits per heavy atom. The SMILES string of the molecule is O=C(c1ccnc(Nc2nc3c(s2)CC=C(Br)C=C3)c1)N1CCCC1. The van der Waals surface area contributed by atoms with Crippen molar-refractivity contribution < 1.29 is 4.79 Å². The zero-order valence-electron chi connectivity index (χ0n) is 13.5. The Hall–Kier alpha value is -1.99. The minimum Gasteiger partial charge on any atom is -0.339 e. The van der Waals surface area contributed by atoms with Gasteiger partial charge in [-0.15, -0.1) is 11.3 Å². The second-order valence-electron chi connectivity index (χ2n) is 6.01. The third-order valence-corrected chi connectivity index (χ3v) is 5.84. The van der Waals surface area contributed by atoms with E-state index in [4.69, 9.17) is 0 Å². The van der Waals surface area contributed by atoms with Gasteiger partial charge in [-0.3, -0.25) is 4.79 Å². The number of carbonyl (C=O) groups is 1. The Morgan fingerprint density at radius 2 is 2.12 bits per heavy atom. The average molecular weight is 417 g/mol. The summed E-state index contributed by atoms with van der Waals surface area (Å²) >= 11 is 5.10. The van der Waals surface area contributed by atoms with E-state index in [0.717, 1.165) is 47.7 Å². The van der Waals surface area contributed by atoms with Crippen molar-refractivity contribution in [3.05, 3.63) is 51.1 Å². The third kappa shape index (κ3) is 3.67. The van der Waals surface area contributed by atoms with E-state index < -0.39 is 0 Å².